The first-order valence-corrected chi connectivity index (χ1v) is 6.14. The molecule has 0 spiro atoms. The van der Waals surface area contributed by atoms with Crippen molar-refractivity contribution in [3.63, 3.8) is 0 Å². The van der Waals surface area contributed by atoms with Gasteiger partial charge in [-0.2, -0.15) is 0 Å². The fourth-order valence-corrected chi connectivity index (χ4v) is 2.10. The van der Waals surface area contributed by atoms with E-state index in [9.17, 15) is 9.18 Å². The van der Waals surface area contributed by atoms with Gasteiger partial charge in [-0.25, -0.2) is 4.39 Å². The SMILES string of the molecule is Cc1cc(Cl)c(C(=O)c2ccc(F)c(N)c2)cc1C. The fourth-order valence-electron chi connectivity index (χ4n) is 1.80. The van der Waals surface area contributed by atoms with Crippen LogP contribution in [0.3, 0.4) is 0 Å². The van der Waals surface area contributed by atoms with E-state index in [1.165, 1.54) is 18.2 Å². The Balaban J connectivity index is 2.49. The number of nitrogen functional groups attached to an aromatic ring is 1. The molecule has 0 aliphatic heterocycles. The van der Waals surface area contributed by atoms with Crippen LogP contribution in [-0.4, -0.2) is 5.78 Å². The molecule has 4 heteroatoms. The molecule has 19 heavy (non-hydrogen) atoms. The average Bonchev–Trinajstić information content (AvgIpc) is 2.36. The Labute approximate surface area is 116 Å². The lowest BCUT2D eigenvalue weighted by molar-refractivity contribution is 0.103. The molecule has 2 aromatic carbocycles. The summed E-state index contributed by atoms with van der Waals surface area (Å²) >= 11 is 6.09. The van der Waals surface area contributed by atoms with Gasteiger partial charge in [-0.1, -0.05) is 11.6 Å². The van der Waals surface area contributed by atoms with Gasteiger partial charge < -0.3 is 5.73 Å². The van der Waals surface area contributed by atoms with Gasteiger partial charge in [0, 0.05) is 11.1 Å². The smallest absolute Gasteiger partial charge is 0.194 e. The zero-order chi connectivity index (χ0) is 14.2. The van der Waals surface area contributed by atoms with Gasteiger partial charge in [0.1, 0.15) is 5.82 Å². The van der Waals surface area contributed by atoms with E-state index in [1.807, 2.05) is 13.8 Å². The van der Waals surface area contributed by atoms with E-state index in [0.29, 0.717) is 16.1 Å². The van der Waals surface area contributed by atoms with Crippen molar-refractivity contribution in [2.45, 2.75) is 13.8 Å². The maximum atomic E-state index is 13.1. The van der Waals surface area contributed by atoms with Crippen molar-refractivity contribution in [2.24, 2.45) is 0 Å². The first-order chi connectivity index (χ1) is 8.90. The van der Waals surface area contributed by atoms with Crippen molar-refractivity contribution in [3.8, 4) is 0 Å². The predicted molar refractivity (Wildman–Crippen MR) is 75.2 cm³/mol. The molecular weight excluding hydrogens is 265 g/mol. The molecule has 0 unspecified atom stereocenters. The molecule has 0 aromatic heterocycles. The van der Waals surface area contributed by atoms with Crippen molar-refractivity contribution in [1.29, 1.82) is 0 Å². The summed E-state index contributed by atoms with van der Waals surface area (Å²) in [5.74, 6) is -0.803. The zero-order valence-electron chi connectivity index (χ0n) is 10.6. The van der Waals surface area contributed by atoms with Gasteiger partial charge in [-0.3, -0.25) is 4.79 Å². The number of nitrogens with two attached hydrogens (primary N) is 1. The van der Waals surface area contributed by atoms with Crippen LogP contribution in [0.25, 0.3) is 0 Å². The number of rotatable bonds is 2. The zero-order valence-corrected chi connectivity index (χ0v) is 11.4. The topological polar surface area (TPSA) is 43.1 Å². The molecule has 2 aromatic rings. The number of aryl methyl sites for hydroxylation is 2. The van der Waals surface area contributed by atoms with Crippen LogP contribution in [0.15, 0.2) is 30.3 Å². The van der Waals surface area contributed by atoms with Gasteiger partial charge in [0.15, 0.2) is 5.78 Å². The molecule has 0 bridgehead atoms. The van der Waals surface area contributed by atoms with Gasteiger partial charge in [0.2, 0.25) is 0 Å². The number of carbonyl (C=O) groups is 1. The lowest BCUT2D eigenvalue weighted by Gasteiger charge is -2.08. The number of carbonyl (C=O) groups excluding carboxylic acids is 1. The molecule has 0 aliphatic carbocycles. The van der Waals surface area contributed by atoms with Crippen LogP contribution in [0, 0.1) is 19.7 Å². The minimum Gasteiger partial charge on any atom is -0.396 e. The molecule has 2 nitrogen and oxygen atoms in total. The van der Waals surface area contributed by atoms with Crippen LogP contribution < -0.4 is 5.73 Å². The minimum atomic E-state index is -0.539. The van der Waals surface area contributed by atoms with Crippen LogP contribution in [0.4, 0.5) is 10.1 Å². The molecule has 2 rings (SSSR count). The van der Waals surface area contributed by atoms with Gasteiger partial charge >= 0.3 is 0 Å². The highest BCUT2D eigenvalue weighted by molar-refractivity contribution is 6.35. The standard InChI is InChI=1S/C15H13ClFNO/c1-8-5-11(12(16)6-9(8)2)15(19)10-3-4-13(17)14(18)7-10/h3-7H,18H2,1-2H3. The van der Waals surface area contributed by atoms with Crippen LogP contribution in [0.5, 0.6) is 0 Å². The number of anilines is 1. The summed E-state index contributed by atoms with van der Waals surface area (Å²) in [5, 5.41) is 0.385. The Bertz CT molecular complexity index is 667. The summed E-state index contributed by atoms with van der Waals surface area (Å²) in [6, 6.07) is 7.39. The van der Waals surface area contributed by atoms with Gasteiger partial charge in [0.25, 0.3) is 0 Å². The molecule has 0 heterocycles. The lowest BCUT2D eigenvalue weighted by Crippen LogP contribution is -2.05. The van der Waals surface area contributed by atoms with Crippen LogP contribution in [0.2, 0.25) is 5.02 Å². The van der Waals surface area contributed by atoms with E-state index < -0.39 is 5.82 Å². The highest BCUT2D eigenvalue weighted by Gasteiger charge is 2.15. The molecule has 0 aliphatic rings. The largest absolute Gasteiger partial charge is 0.396 e. The molecule has 98 valence electrons. The number of hydrogen-bond donors (Lipinski definition) is 1. The van der Waals surface area contributed by atoms with E-state index in [2.05, 4.69) is 0 Å². The van der Waals surface area contributed by atoms with Crippen molar-refractivity contribution < 1.29 is 9.18 Å². The maximum Gasteiger partial charge on any atom is 0.194 e. The van der Waals surface area contributed by atoms with Gasteiger partial charge in [-0.15, -0.1) is 0 Å². The highest BCUT2D eigenvalue weighted by Crippen LogP contribution is 2.24. The number of benzene rings is 2. The molecule has 0 amide bonds. The van der Waals surface area contributed by atoms with Gasteiger partial charge in [0.05, 0.1) is 10.7 Å². The van der Waals surface area contributed by atoms with Gasteiger partial charge in [-0.05, 0) is 55.3 Å². The van der Waals surface area contributed by atoms with Crippen LogP contribution in [-0.2, 0) is 0 Å². The second-order valence-corrected chi connectivity index (χ2v) is 4.89. The molecule has 0 radical (unpaired) electrons. The van der Waals surface area contributed by atoms with Crippen LogP contribution in [0.1, 0.15) is 27.0 Å². The first-order valence-electron chi connectivity index (χ1n) is 5.76. The summed E-state index contributed by atoms with van der Waals surface area (Å²) in [4.78, 5) is 12.3. The third-order valence-electron chi connectivity index (χ3n) is 3.09. The molecular formula is C15H13ClFNO. The summed E-state index contributed by atoms with van der Waals surface area (Å²) in [6.07, 6.45) is 0. The van der Waals surface area contributed by atoms with E-state index >= 15 is 0 Å². The monoisotopic (exact) mass is 277 g/mol. The highest BCUT2D eigenvalue weighted by atomic mass is 35.5. The Morgan fingerprint density at radius 3 is 2.42 bits per heavy atom. The second-order valence-electron chi connectivity index (χ2n) is 4.48. The summed E-state index contributed by atoms with van der Waals surface area (Å²) < 4.78 is 13.1. The molecule has 0 saturated carbocycles. The first kappa shape index (κ1) is 13.6. The van der Waals surface area contributed by atoms with Crippen molar-refractivity contribution >= 4 is 23.1 Å². The van der Waals surface area contributed by atoms with Crippen molar-refractivity contribution in [2.75, 3.05) is 5.73 Å². The summed E-state index contributed by atoms with van der Waals surface area (Å²) in [5.41, 5.74) is 8.13. The van der Waals surface area contributed by atoms with E-state index in [-0.39, 0.29) is 11.5 Å². The van der Waals surface area contributed by atoms with Crippen molar-refractivity contribution in [3.05, 3.63) is 63.4 Å². The average molecular weight is 278 g/mol. The number of halogens is 2. The van der Waals surface area contributed by atoms with E-state index in [0.717, 1.165) is 11.1 Å². The van der Waals surface area contributed by atoms with Crippen LogP contribution >= 0.6 is 11.6 Å². The third kappa shape index (κ3) is 2.61. The fraction of sp³-hybridized carbons (Fsp3) is 0.133. The molecule has 0 fully saturated rings. The summed E-state index contributed by atoms with van der Waals surface area (Å²) in [6.45, 7) is 3.83. The normalized spacial score (nSPS) is 10.5. The minimum absolute atomic E-state index is 0.0502. The predicted octanol–water partition coefficient (Wildman–Crippen LogP) is 3.91. The third-order valence-corrected chi connectivity index (χ3v) is 3.40. The van der Waals surface area contributed by atoms with E-state index in [1.54, 1.807) is 12.1 Å². The Kier molecular flexibility index (Phi) is 3.58. The Hall–Kier alpha value is -1.87. The number of ketones is 1. The molecule has 0 saturated heterocycles. The Morgan fingerprint density at radius 1 is 1.16 bits per heavy atom. The lowest BCUT2D eigenvalue weighted by atomic mass is 9.99. The van der Waals surface area contributed by atoms with E-state index in [4.69, 9.17) is 17.3 Å². The quantitative estimate of drug-likeness (QED) is 0.668. The molecule has 0 atom stereocenters. The second kappa shape index (κ2) is 5.02. The summed E-state index contributed by atoms with van der Waals surface area (Å²) in [7, 11) is 0. The number of hydrogen-bond acceptors (Lipinski definition) is 2. The maximum absolute atomic E-state index is 13.1. The van der Waals surface area contributed by atoms with Crippen molar-refractivity contribution in [1.82, 2.24) is 0 Å². The Morgan fingerprint density at radius 2 is 1.79 bits per heavy atom. The molecule has 2 N–H and O–H groups in total.